The Hall–Kier alpha value is -3.75. The van der Waals surface area contributed by atoms with Gasteiger partial charge < -0.3 is 4.74 Å². The topological polar surface area (TPSA) is 77.5 Å². The van der Waals surface area contributed by atoms with Crippen molar-refractivity contribution in [3.05, 3.63) is 140 Å². The van der Waals surface area contributed by atoms with E-state index in [0.29, 0.717) is 11.1 Å². The summed E-state index contributed by atoms with van der Waals surface area (Å²) in [6, 6.07) is 28.0. The van der Waals surface area contributed by atoms with Gasteiger partial charge in [0.2, 0.25) is 17.2 Å². The predicted molar refractivity (Wildman–Crippen MR) is 152 cm³/mol. The largest absolute Gasteiger partial charge is 0.348 e. The van der Waals surface area contributed by atoms with Gasteiger partial charge in [-0.25, -0.2) is 0 Å². The maximum atomic E-state index is 14.6. The minimum Gasteiger partial charge on any atom is -0.348 e. The fourth-order valence-electron chi connectivity index (χ4n) is 6.72. The first kappa shape index (κ1) is 24.3. The van der Waals surface area contributed by atoms with Crippen LogP contribution in [0.5, 0.6) is 0 Å². The second kappa shape index (κ2) is 8.37. The summed E-state index contributed by atoms with van der Waals surface area (Å²) in [6.07, 6.45) is -1.16. The molecule has 0 unspecified atom stereocenters. The Kier molecular flexibility index (Phi) is 5.22. The van der Waals surface area contributed by atoms with Gasteiger partial charge in [-0.1, -0.05) is 90.5 Å². The Morgan fingerprint density at radius 3 is 1.51 bits per heavy atom. The molecule has 0 radical (unpaired) electrons. The van der Waals surface area contributed by atoms with E-state index in [9.17, 15) is 19.2 Å². The maximum absolute atomic E-state index is 14.6. The van der Waals surface area contributed by atoms with Crippen molar-refractivity contribution in [2.24, 2.45) is 5.41 Å². The number of ether oxygens (including phenoxy) is 1. The quantitative estimate of drug-likeness (QED) is 0.192. The summed E-state index contributed by atoms with van der Waals surface area (Å²) in [5.41, 5.74) is -0.771. The number of Topliss-reactive ketones (excluding diaryl/α,β-unsaturated/α-hetero) is 4. The van der Waals surface area contributed by atoms with Crippen molar-refractivity contribution >= 4 is 45.7 Å². The van der Waals surface area contributed by atoms with Gasteiger partial charge in [-0.2, -0.15) is 0 Å². The van der Waals surface area contributed by atoms with Crippen molar-refractivity contribution in [2.75, 3.05) is 0 Å². The zero-order chi connectivity index (χ0) is 27.1. The molecule has 0 saturated carbocycles. The molecule has 0 bridgehead atoms. The lowest BCUT2D eigenvalue weighted by atomic mass is 9.60. The molecular formula is C33H21IO5. The molecule has 2 spiro atoms. The van der Waals surface area contributed by atoms with Crippen LogP contribution >= 0.6 is 22.6 Å². The predicted octanol–water partition coefficient (Wildman–Crippen LogP) is 6.34. The second-order valence-electron chi connectivity index (χ2n) is 10.4. The summed E-state index contributed by atoms with van der Waals surface area (Å²) < 4.78 is 7.65. The van der Waals surface area contributed by atoms with E-state index in [1.54, 1.807) is 60.7 Å². The number of fused-ring (bicyclic) bond motifs is 2. The Morgan fingerprint density at radius 2 is 1.03 bits per heavy atom. The second-order valence-corrected chi connectivity index (χ2v) is 11.7. The normalized spacial score (nSPS) is 22.1. The summed E-state index contributed by atoms with van der Waals surface area (Å²) >= 11 is 2.17. The Bertz CT molecular complexity index is 1660. The number of ketones is 4. The van der Waals surface area contributed by atoms with Crippen LogP contribution in [0.15, 0.2) is 97.1 Å². The summed E-state index contributed by atoms with van der Waals surface area (Å²) in [5, 5.41) is 0. The van der Waals surface area contributed by atoms with E-state index in [2.05, 4.69) is 22.6 Å². The molecule has 2 aliphatic carbocycles. The first-order valence-electron chi connectivity index (χ1n) is 12.7. The van der Waals surface area contributed by atoms with E-state index in [-0.39, 0.29) is 22.3 Å². The molecule has 7 rings (SSSR count). The van der Waals surface area contributed by atoms with Crippen LogP contribution in [0.1, 0.15) is 70.1 Å². The first-order chi connectivity index (χ1) is 18.8. The van der Waals surface area contributed by atoms with Gasteiger partial charge in [-0.05, 0) is 52.8 Å². The number of aryl methyl sites for hydroxylation is 1. The van der Waals surface area contributed by atoms with E-state index in [1.807, 2.05) is 43.3 Å². The van der Waals surface area contributed by atoms with Crippen LogP contribution in [-0.4, -0.2) is 28.7 Å². The molecule has 3 aliphatic rings. The SMILES string of the molecule is Cc1ccc([C@@H]2OC3(C(=O)c4ccccc4C3=O)[C@H](c3ccc(I)cc3)C23C(=O)c2ccccc2C3=O)cc1. The van der Waals surface area contributed by atoms with E-state index >= 15 is 0 Å². The Balaban J connectivity index is 1.59. The summed E-state index contributed by atoms with van der Waals surface area (Å²) in [6.45, 7) is 1.94. The summed E-state index contributed by atoms with van der Waals surface area (Å²) in [5.74, 6) is -3.06. The fraction of sp³-hybridized carbons (Fsp3) is 0.152. The number of rotatable bonds is 2. The van der Waals surface area contributed by atoms with Crippen LogP contribution in [0.4, 0.5) is 0 Å². The average Bonchev–Trinajstić information content (AvgIpc) is 3.48. The molecule has 2 atom stereocenters. The van der Waals surface area contributed by atoms with Gasteiger partial charge >= 0.3 is 0 Å². The van der Waals surface area contributed by atoms with Crippen molar-refractivity contribution in [2.45, 2.75) is 24.5 Å². The van der Waals surface area contributed by atoms with Gasteiger partial charge in [0, 0.05) is 25.8 Å². The van der Waals surface area contributed by atoms with E-state index in [0.717, 1.165) is 9.13 Å². The van der Waals surface area contributed by atoms with Crippen LogP contribution in [0, 0.1) is 15.9 Å². The highest BCUT2D eigenvalue weighted by Gasteiger charge is 2.79. The minimum atomic E-state index is -2.07. The summed E-state index contributed by atoms with van der Waals surface area (Å²) in [7, 11) is 0. The third-order valence-electron chi connectivity index (χ3n) is 8.42. The third kappa shape index (κ3) is 2.98. The molecule has 190 valence electrons. The molecular weight excluding hydrogens is 603 g/mol. The molecule has 0 aromatic heterocycles. The standard InChI is InChI=1S/C33H21IO5/c1-18-10-12-20(13-11-18)31-32(27(35)22-6-2-3-7-23(22)28(32)36)26(19-14-16-21(34)17-15-19)33(39-31)29(37)24-8-4-5-9-25(24)30(33)38/h2-17,26,31H,1H3/t26-,31+/m1/s1. The van der Waals surface area contributed by atoms with E-state index in [4.69, 9.17) is 4.74 Å². The van der Waals surface area contributed by atoms with Gasteiger partial charge in [0.25, 0.3) is 0 Å². The summed E-state index contributed by atoms with van der Waals surface area (Å²) in [4.78, 5) is 58.0. The lowest BCUT2D eigenvalue weighted by molar-refractivity contribution is -0.0210. The van der Waals surface area contributed by atoms with Gasteiger partial charge in [0.05, 0.1) is 5.92 Å². The maximum Gasteiger partial charge on any atom is 0.204 e. The van der Waals surface area contributed by atoms with Gasteiger partial charge in [0.15, 0.2) is 11.6 Å². The number of hydrogen-bond acceptors (Lipinski definition) is 5. The average molecular weight is 624 g/mol. The first-order valence-corrected chi connectivity index (χ1v) is 13.8. The molecule has 5 nitrogen and oxygen atoms in total. The highest BCUT2D eigenvalue weighted by molar-refractivity contribution is 14.1. The molecule has 1 aliphatic heterocycles. The van der Waals surface area contributed by atoms with Crippen LogP contribution in [0.25, 0.3) is 0 Å². The van der Waals surface area contributed by atoms with Crippen molar-refractivity contribution in [3.8, 4) is 0 Å². The molecule has 1 fully saturated rings. The van der Waals surface area contributed by atoms with Crippen LogP contribution in [-0.2, 0) is 4.74 Å². The van der Waals surface area contributed by atoms with Crippen LogP contribution in [0.2, 0.25) is 0 Å². The zero-order valence-electron chi connectivity index (χ0n) is 20.8. The van der Waals surface area contributed by atoms with Crippen LogP contribution in [0.3, 0.4) is 0 Å². The number of hydrogen-bond donors (Lipinski definition) is 0. The van der Waals surface area contributed by atoms with Crippen molar-refractivity contribution in [1.29, 1.82) is 0 Å². The smallest absolute Gasteiger partial charge is 0.204 e. The Labute approximate surface area is 238 Å². The molecule has 0 N–H and O–H groups in total. The third-order valence-corrected chi connectivity index (χ3v) is 9.14. The molecule has 1 saturated heterocycles. The number of carbonyl (C=O) groups excluding carboxylic acids is 4. The zero-order valence-corrected chi connectivity index (χ0v) is 23.0. The minimum absolute atomic E-state index is 0.244. The fourth-order valence-corrected chi connectivity index (χ4v) is 7.08. The molecule has 1 heterocycles. The molecule has 4 aromatic rings. The molecule has 39 heavy (non-hydrogen) atoms. The monoisotopic (exact) mass is 624 g/mol. The number of benzene rings is 4. The highest BCUT2D eigenvalue weighted by Crippen LogP contribution is 2.67. The lowest BCUT2D eigenvalue weighted by Gasteiger charge is -2.34. The number of carbonyl (C=O) groups is 4. The molecule has 4 aromatic carbocycles. The van der Waals surface area contributed by atoms with Gasteiger partial charge in [-0.3, -0.25) is 19.2 Å². The van der Waals surface area contributed by atoms with Gasteiger partial charge in [0.1, 0.15) is 11.5 Å². The Morgan fingerprint density at radius 1 is 0.590 bits per heavy atom. The van der Waals surface area contributed by atoms with Crippen molar-refractivity contribution in [3.63, 3.8) is 0 Å². The lowest BCUT2D eigenvalue weighted by Crippen LogP contribution is -2.51. The van der Waals surface area contributed by atoms with Crippen molar-refractivity contribution in [1.82, 2.24) is 0 Å². The number of halogens is 1. The van der Waals surface area contributed by atoms with E-state index < -0.39 is 46.2 Å². The van der Waals surface area contributed by atoms with Gasteiger partial charge in [-0.15, -0.1) is 0 Å². The van der Waals surface area contributed by atoms with E-state index in [1.165, 1.54) is 0 Å². The van der Waals surface area contributed by atoms with Crippen LogP contribution < -0.4 is 0 Å². The van der Waals surface area contributed by atoms with Crippen molar-refractivity contribution < 1.29 is 23.9 Å². The molecule has 0 amide bonds. The highest BCUT2D eigenvalue weighted by atomic mass is 127. The molecule has 6 heteroatoms.